The largest absolute Gasteiger partial charge is 0.462 e. The minimum Gasteiger partial charge on any atom is -0.462 e. The van der Waals surface area contributed by atoms with Crippen molar-refractivity contribution in [3.63, 3.8) is 0 Å². The van der Waals surface area contributed by atoms with E-state index in [1.807, 2.05) is 0 Å². The predicted octanol–water partition coefficient (Wildman–Crippen LogP) is 2.30. The Bertz CT molecular complexity index is 677. The van der Waals surface area contributed by atoms with Crippen molar-refractivity contribution >= 4 is 22.9 Å². The van der Waals surface area contributed by atoms with Crippen molar-refractivity contribution in [3.8, 4) is 0 Å². The monoisotopic (exact) mass is 305 g/mol. The van der Waals surface area contributed by atoms with Crippen LogP contribution < -0.4 is 5.32 Å². The Morgan fingerprint density at radius 2 is 2.36 bits per heavy atom. The molecule has 0 radical (unpaired) electrons. The lowest BCUT2D eigenvalue weighted by molar-refractivity contribution is 0.0526. The molecule has 7 heteroatoms. The van der Waals surface area contributed by atoms with Crippen molar-refractivity contribution < 1.29 is 18.7 Å². The average molecular weight is 305 g/mol. The summed E-state index contributed by atoms with van der Waals surface area (Å²) in [5.41, 5.74) is 0.762. The van der Waals surface area contributed by atoms with E-state index in [2.05, 4.69) is 15.3 Å². The molecule has 1 saturated heterocycles. The molecule has 1 atom stereocenters. The fourth-order valence-corrected chi connectivity index (χ4v) is 2.64. The minimum atomic E-state index is -0.422. The number of hydrogen-bond acceptors (Lipinski definition) is 7. The number of furan rings is 1. The van der Waals surface area contributed by atoms with Crippen LogP contribution in [0.3, 0.4) is 0 Å². The van der Waals surface area contributed by atoms with Gasteiger partial charge in [-0.15, -0.1) is 0 Å². The number of hydrogen-bond donors (Lipinski definition) is 1. The summed E-state index contributed by atoms with van der Waals surface area (Å²) in [5.74, 6) is 0.628. The smallest absolute Gasteiger partial charge is 0.342 e. The molecule has 0 aliphatic carbocycles. The van der Waals surface area contributed by atoms with E-state index in [1.165, 1.54) is 6.33 Å². The van der Waals surface area contributed by atoms with Gasteiger partial charge in [0.05, 0.1) is 18.1 Å². The number of fused-ring (bicyclic) bond motifs is 1. The number of esters is 1. The molecule has 0 aromatic carbocycles. The molecule has 0 bridgehead atoms. The van der Waals surface area contributed by atoms with Gasteiger partial charge in [0.2, 0.25) is 5.71 Å². The van der Waals surface area contributed by atoms with Gasteiger partial charge in [0.1, 0.15) is 23.5 Å². The molecule has 0 spiro atoms. The Morgan fingerprint density at radius 1 is 1.50 bits per heavy atom. The predicted molar refractivity (Wildman–Crippen MR) is 80.0 cm³/mol. The molecule has 0 amide bonds. The molecule has 7 nitrogen and oxygen atoms in total. The summed E-state index contributed by atoms with van der Waals surface area (Å²) in [6.07, 6.45) is 3.68. The molecule has 3 heterocycles. The lowest BCUT2D eigenvalue weighted by Gasteiger charge is -2.11. The van der Waals surface area contributed by atoms with Gasteiger partial charge in [0, 0.05) is 13.2 Å². The van der Waals surface area contributed by atoms with Crippen molar-refractivity contribution in [1.29, 1.82) is 0 Å². The van der Waals surface area contributed by atoms with E-state index < -0.39 is 5.97 Å². The fourth-order valence-electron chi connectivity index (χ4n) is 2.64. The molecule has 1 aliphatic rings. The maximum absolute atomic E-state index is 12.2. The van der Waals surface area contributed by atoms with E-state index in [4.69, 9.17) is 13.9 Å². The first-order valence-electron chi connectivity index (χ1n) is 7.47. The molecule has 1 N–H and O–H groups in total. The van der Waals surface area contributed by atoms with Crippen molar-refractivity contribution in [1.82, 2.24) is 9.97 Å². The molecule has 1 fully saturated rings. The highest BCUT2D eigenvalue weighted by Gasteiger charge is 2.24. The van der Waals surface area contributed by atoms with Crippen LogP contribution in [-0.2, 0) is 9.47 Å². The number of aromatic nitrogens is 2. The number of ether oxygens (including phenoxy) is 2. The summed E-state index contributed by atoms with van der Waals surface area (Å²) < 4.78 is 16.2. The Balaban J connectivity index is 1.93. The van der Waals surface area contributed by atoms with Gasteiger partial charge in [-0.2, -0.15) is 0 Å². The van der Waals surface area contributed by atoms with Gasteiger partial charge in [-0.05, 0) is 26.7 Å². The number of rotatable bonds is 5. The maximum atomic E-state index is 12.2. The second-order valence-electron chi connectivity index (χ2n) is 5.17. The molecule has 1 unspecified atom stereocenters. The SMILES string of the molecule is CCOC(=O)c1c(C)oc2ncnc(NCC3CCCO3)c12. The van der Waals surface area contributed by atoms with Crippen molar-refractivity contribution in [2.75, 3.05) is 25.1 Å². The van der Waals surface area contributed by atoms with E-state index in [0.29, 0.717) is 41.4 Å². The van der Waals surface area contributed by atoms with Crippen molar-refractivity contribution in [3.05, 3.63) is 17.7 Å². The van der Waals surface area contributed by atoms with Gasteiger partial charge in [-0.25, -0.2) is 14.8 Å². The minimum absolute atomic E-state index is 0.170. The number of carbonyl (C=O) groups excluding carboxylic acids is 1. The van der Waals surface area contributed by atoms with Crippen LogP contribution in [0.1, 0.15) is 35.9 Å². The summed E-state index contributed by atoms with van der Waals surface area (Å²) >= 11 is 0. The van der Waals surface area contributed by atoms with Crippen LogP contribution in [0.4, 0.5) is 5.82 Å². The van der Waals surface area contributed by atoms with Gasteiger partial charge in [0.15, 0.2) is 0 Å². The van der Waals surface area contributed by atoms with Crippen molar-refractivity contribution in [2.24, 2.45) is 0 Å². The second-order valence-corrected chi connectivity index (χ2v) is 5.17. The topological polar surface area (TPSA) is 86.5 Å². The number of anilines is 1. The zero-order chi connectivity index (χ0) is 15.5. The van der Waals surface area contributed by atoms with E-state index in [9.17, 15) is 4.79 Å². The first-order valence-corrected chi connectivity index (χ1v) is 7.47. The standard InChI is InChI=1S/C15H19N3O4/c1-3-20-15(19)11-9(2)22-14-12(11)13(17-8-18-14)16-7-10-5-4-6-21-10/h8,10H,3-7H2,1-2H3,(H,16,17,18). The maximum Gasteiger partial charge on any atom is 0.342 e. The number of aryl methyl sites for hydroxylation is 1. The highest BCUT2D eigenvalue weighted by atomic mass is 16.5. The quantitative estimate of drug-likeness (QED) is 0.848. The van der Waals surface area contributed by atoms with Gasteiger partial charge in [-0.1, -0.05) is 0 Å². The van der Waals surface area contributed by atoms with Gasteiger partial charge >= 0.3 is 5.97 Å². The normalized spacial score (nSPS) is 17.8. The van der Waals surface area contributed by atoms with Gasteiger partial charge in [0.25, 0.3) is 0 Å². The summed E-state index contributed by atoms with van der Waals surface area (Å²) in [4.78, 5) is 20.5. The van der Waals surface area contributed by atoms with Crippen LogP contribution in [-0.4, -0.2) is 41.8 Å². The lowest BCUT2D eigenvalue weighted by atomic mass is 10.2. The molecule has 1 aliphatic heterocycles. The van der Waals surface area contributed by atoms with Crippen molar-refractivity contribution in [2.45, 2.75) is 32.8 Å². The summed E-state index contributed by atoms with van der Waals surface area (Å²) in [6.45, 7) is 5.22. The zero-order valence-corrected chi connectivity index (χ0v) is 12.7. The molecule has 22 heavy (non-hydrogen) atoms. The van der Waals surface area contributed by atoms with Crippen LogP contribution in [0.5, 0.6) is 0 Å². The van der Waals surface area contributed by atoms with E-state index >= 15 is 0 Å². The third-order valence-electron chi connectivity index (χ3n) is 3.67. The summed E-state index contributed by atoms with van der Waals surface area (Å²) in [7, 11) is 0. The highest BCUT2D eigenvalue weighted by molar-refractivity contribution is 6.07. The van der Waals surface area contributed by atoms with E-state index in [-0.39, 0.29) is 6.10 Å². The summed E-state index contributed by atoms with van der Waals surface area (Å²) in [6, 6.07) is 0. The van der Waals surface area contributed by atoms with Crippen LogP contribution >= 0.6 is 0 Å². The third-order valence-corrected chi connectivity index (χ3v) is 3.67. The molecule has 2 aromatic heterocycles. The first-order chi connectivity index (χ1) is 10.7. The Morgan fingerprint density at radius 3 is 3.09 bits per heavy atom. The molecule has 118 valence electrons. The Labute approximate surface area is 128 Å². The Hall–Kier alpha value is -2.15. The molecule has 0 saturated carbocycles. The molecule has 3 rings (SSSR count). The number of nitrogens with zero attached hydrogens (tertiary/aromatic N) is 2. The Kier molecular flexibility index (Phi) is 4.24. The highest BCUT2D eigenvalue weighted by Crippen LogP contribution is 2.29. The number of carbonyl (C=O) groups is 1. The fraction of sp³-hybridized carbons (Fsp3) is 0.533. The van der Waals surface area contributed by atoms with E-state index in [0.717, 1.165) is 19.4 Å². The molecular weight excluding hydrogens is 286 g/mol. The van der Waals surface area contributed by atoms with Gasteiger partial charge in [-0.3, -0.25) is 0 Å². The third kappa shape index (κ3) is 2.76. The van der Waals surface area contributed by atoms with E-state index in [1.54, 1.807) is 13.8 Å². The van der Waals surface area contributed by atoms with Crippen LogP contribution in [0, 0.1) is 6.92 Å². The second kappa shape index (κ2) is 6.31. The average Bonchev–Trinajstić information content (AvgIpc) is 3.11. The van der Waals surface area contributed by atoms with Gasteiger partial charge < -0.3 is 19.2 Å². The summed E-state index contributed by atoms with van der Waals surface area (Å²) in [5, 5.41) is 3.80. The molecular formula is C15H19N3O4. The van der Waals surface area contributed by atoms with Crippen LogP contribution in [0.25, 0.3) is 11.1 Å². The zero-order valence-electron chi connectivity index (χ0n) is 12.7. The number of nitrogens with one attached hydrogen (secondary N) is 1. The lowest BCUT2D eigenvalue weighted by Crippen LogP contribution is -2.19. The first kappa shape index (κ1) is 14.8. The molecule has 2 aromatic rings. The van der Waals surface area contributed by atoms with Crippen LogP contribution in [0.15, 0.2) is 10.7 Å². The van der Waals surface area contributed by atoms with Crippen LogP contribution in [0.2, 0.25) is 0 Å².